The Morgan fingerprint density at radius 3 is 1.43 bits per heavy atom. The number of hydrogen-bond donors (Lipinski definition) is 1. The molecular formula is C20H19Cl2N. The predicted molar refractivity (Wildman–Crippen MR) is 101 cm³/mol. The SMILES string of the molecule is Cc1[nH]c(C)c(-c2cccc(Cl)c2C)c1-c1cccc(Cl)c1C. The fourth-order valence-electron chi connectivity index (χ4n) is 3.21. The van der Waals surface area contributed by atoms with Gasteiger partial charge in [0.2, 0.25) is 0 Å². The van der Waals surface area contributed by atoms with Crippen LogP contribution in [0.3, 0.4) is 0 Å². The molecule has 118 valence electrons. The molecule has 0 spiro atoms. The van der Waals surface area contributed by atoms with Crippen molar-refractivity contribution in [3.63, 3.8) is 0 Å². The Labute approximate surface area is 147 Å². The third-order valence-electron chi connectivity index (χ3n) is 4.45. The molecule has 23 heavy (non-hydrogen) atoms. The molecule has 3 heteroatoms. The predicted octanol–water partition coefficient (Wildman–Crippen LogP) is 6.89. The van der Waals surface area contributed by atoms with Crippen molar-refractivity contribution >= 4 is 23.2 Å². The Morgan fingerprint density at radius 2 is 1.04 bits per heavy atom. The fraction of sp³-hybridized carbons (Fsp3) is 0.200. The van der Waals surface area contributed by atoms with Crippen LogP contribution in [0.15, 0.2) is 36.4 Å². The molecule has 1 nitrogen and oxygen atoms in total. The zero-order chi connectivity index (χ0) is 16.7. The van der Waals surface area contributed by atoms with Gasteiger partial charge < -0.3 is 4.98 Å². The van der Waals surface area contributed by atoms with Crippen molar-refractivity contribution in [1.29, 1.82) is 0 Å². The number of rotatable bonds is 2. The molecule has 0 saturated carbocycles. The molecule has 1 heterocycles. The summed E-state index contributed by atoms with van der Waals surface area (Å²) in [6, 6.07) is 12.1. The van der Waals surface area contributed by atoms with Gasteiger partial charge in [0, 0.05) is 32.6 Å². The van der Waals surface area contributed by atoms with Gasteiger partial charge in [-0.25, -0.2) is 0 Å². The third kappa shape index (κ3) is 2.69. The monoisotopic (exact) mass is 343 g/mol. The first-order valence-electron chi connectivity index (χ1n) is 7.62. The van der Waals surface area contributed by atoms with Crippen LogP contribution in [0.25, 0.3) is 22.3 Å². The van der Waals surface area contributed by atoms with E-state index in [4.69, 9.17) is 23.2 Å². The van der Waals surface area contributed by atoms with E-state index in [0.717, 1.165) is 43.7 Å². The molecule has 0 unspecified atom stereocenters. The number of aromatic nitrogens is 1. The van der Waals surface area contributed by atoms with Crippen LogP contribution in [0.5, 0.6) is 0 Å². The maximum absolute atomic E-state index is 6.35. The summed E-state index contributed by atoms with van der Waals surface area (Å²) in [5, 5.41) is 1.57. The Morgan fingerprint density at radius 1 is 0.652 bits per heavy atom. The smallest absolute Gasteiger partial charge is 0.0441 e. The molecule has 1 N–H and O–H groups in total. The minimum absolute atomic E-state index is 0.787. The van der Waals surface area contributed by atoms with Gasteiger partial charge in [0.1, 0.15) is 0 Å². The fourth-order valence-corrected chi connectivity index (χ4v) is 3.56. The van der Waals surface area contributed by atoms with Gasteiger partial charge in [-0.15, -0.1) is 0 Å². The molecule has 0 aliphatic heterocycles. The summed E-state index contributed by atoms with van der Waals surface area (Å²) in [6.07, 6.45) is 0. The summed E-state index contributed by atoms with van der Waals surface area (Å²) < 4.78 is 0. The maximum atomic E-state index is 6.35. The van der Waals surface area contributed by atoms with Crippen molar-refractivity contribution < 1.29 is 0 Å². The average molecular weight is 344 g/mol. The molecule has 0 amide bonds. The van der Waals surface area contributed by atoms with Crippen molar-refractivity contribution in [1.82, 2.24) is 4.98 Å². The van der Waals surface area contributed by atoms with Crippen LogP contribution < -0.4 is 0 Å². The van der Waals surface area contributed by atoms with E-state index in [0.29, 0.717) is 0 Å². The van der Waals surface area contributed by atoms with Crippen molar-refractivity contribution in [3.8, 4) is 22.3 Å². The molecule has 0 fully saturated rings. The minimum Gasteiger partial charge on any atom is -0.362 e. The summed E-state index contributed by atoms with van der Waals surface area (Å²) in [7, 11) is 0. The van der Waals surface area contributed by atoms with Crippen LogP contribution >= 0.6 is 23.2 Å². The summed E-state index contributed by atoms with van der Waals surface area (Å²) in [4.78, 5) is 3.48. The highest BCUT2D eigenvalue weighted by molar-refractivity contribution is 6.32. The Balaban J connectivity index is 2.36. The quantitative estimate of drug-likeness (QED) is 0.521. The lowest BCUT2D eigenvalue weighted by molar-refractivity contribution is 1.19. The van der Waals surface area contributed by atoms with Gasteiger partial charge in [-0.2, -0.15) is 0 Å². The first-order valence-corrected chi connectivity index (χ1v) is 8.37. The van der Waals surface area contributed by atoms with Crippen molar-refractivity contribution in [2.24, 2.45) is 0 Å². The molecule has 0 aliphatic carbocycles. The molecule has 2 aromatic carbocycles. The van der Waals surface area contributed by atoms with Gasteiger partial charge >= 0.3 is 0 Å². The molecule has 0 radical (unpaired) electrons. The largest absolute Gasteiger partial charge is 0.362 e. The summed E-state index contributed by atoms with van der Waals surface area (Å²) >= 11 is 12.7. The molecule has 0 atom stereocenters. The second-order valence-corrected chi connectivity index (χ2v) is 6.76. The van der Waals surface area contributed by atoms with Crippen molar-refractivity contribution in [2.45, 2.75) is 27.7 Å². The van der Waals surface area contributed by atoms with Gasteiger partial charge in [-0.1, -0.05) is 47.5 Å². The van der Waals surface area contributed by atoms with Crippen LogP contribution in [-0.4, -0.2) is 4.98 Å². The number of nitrogens with one attached hydrogen (secondary N) is 1. The lowest BCUT2D eigenvalue weighted by Crippen LogP contribution is -1.91. The van der Waals surface area contributed by atoms with E-state index in [1.54, 1.807) is 0 Å². The van der Waals surface area contributed by atoms with E-state index in [1.807, 2.05) is 24.3 Å². The number of halogens is 2. The number of H-pyrrole nitrogens is 1. The van der Waals surface area contributed by atoms with Crippen LogP contribution in [0.1, 0.15) is 22.5 Å². The van der Waals surface area contributed by atoms with Crippen molar-refractivity contribution in [3.05, 3.63) is 69.0 Å². The van der Waals surface area contributed by atoms with Crippen LogP contribution in [-0.2, 0) is 0 Å². The number of benzene rings is 2. The van der Waals surface area contributed by atoms with Crippen LogP contribution in [0, 0.1) is 27.7 Å². The van der Waals surface area contributed by atoms with Gasteiger partial charge in [0.15, 0.2) is 0 Å². The Bertz CT molecular complexity index is 819. The summed E-state index contributed by atoms with van der Waals surface area (Å²) in [6.45, 7) is 8.33. The molecule has 3 rings (SSSR count). The normalized spacial score (nSPS) is 11.0. The lowest BCUT2D eigenvalue weighted by atomic mass is 9.91. The van der Waals surface area contributed by atoms with Gasteiger partial charge in [0.25, 0.3) is 0 Å². The van der Waals surface area contributed by atoms with Gasteiger partial charge in [-0.3, -0.25) is 0 Å². The van der Waals surface area contributed by atoms with Gasteiger partial charge in [-0.05, 0) is 62.1 Å². The zero-order valence-corrected chi connectivity index (χ0v) is 15.2. The van der Waals surface area contributed by atoms with Crippen LogP contribution in [0.4, 0.5) is 0 Å². The summed E-state index contributed by atoms with van der Waals surface area (Å²) in [5.74, 6) is 0. The lowest BCUT2D eigenvalue weighted by Gasteiger charge is -2.13. The van der Waals surface area contributed by atoms with E-state index in [-0.39, 0.29) is 0 Å². The van der Waals surface area contributed by atoms with E-state index in [1.165, 1.54) is 11.1 Å². The van der Waals surface area contributed by atoms with E-state index in [2.05, 4.69) is 44.8 Å². The number of hydrogen-bond acceptors (Lipinski definition) is 0. The molecule has 0 saturated heterocycles. The molecular weight excluding hydrogens is 325 g/mol. The second-order valence-electron chi connectivity index (χ2n) is 5.95. The first kappa shape index (κ1) is 16.2. The highest BCUT2D eigenvalue weighted by Crippen LogP contribution is 2.42. The molecule has 3 aromatic rings. The van der Waals surface area contributed by atoms with Crippen LogP contribution in [0.2, 0.25) is 10.0 Å². The topological polar surface area (TPSA) is 15.8 Å². The third-order valence-corrected chi connectivity index (χ3v) is 5.27. The van der Waals surface area contributed by atoms with Crippen molar-refractivity contribution in [2.75, 3.05) is 0 Å². The Hall–Kier alpha value is -1.70. The average Bonchev–Trinajstić information content (AvgIpc) is 2.79. The summed E-state index contributed by atoms with van der Waals surface area (Å²) in [5.41, 5.74) is 9.20. The van der Waals surface area contributed by atoms with Gasteiger partial charge in [0.05, 0.1) is 0 Å². The second kappa shape index (κ2) is 6.07. The molecule has 0 bridgehead atoms. The standard InChI is InChI=1S/C20H19Cl2N/c1-11-15(7-5-9-17(11)21)19-13(3)23-14(4)20(19)16-8-6-10-18(22)12(16)2/h5-10,23H,1-4H3. The van der Waals surface area contributed by atoms with E-state index >= 15 is 0 Å². The van der Waals surface area contributed by atoms with E-state index < -0.39 is 0 Å². The highest BCUT2D eigenvalue weighted by Gasteiger charge is 2.20. The van der Waals surface area contributed by atoms with E-state index in [9.17, 15) is 0 Å². The maximum Gasteiger partial charge on any atom is 0.0441 e. The Kier molecular flexibility index (Phi) is 4.27. The molecule has 1 aromatic heterocycles. The highest BCUT2D eigenvalue weighted by atomic mass is 35.5. The zero-order valence-electron chi connectivity index (χ0n) is 13.7. The number of aromatic amines is 1. The first-order chi connectivity index (χ1) is 10.9. The minimum atomic E-state index is 0.787. The molecule has 0 aliphatic rings. The number of aryl methyl sites for hydroxylation is 2.